The zero-order valence-corrected chi connectivity index (χ0v) is 15.5. The van der Waals surface area contributed by atoms with E-state index in [1.807, 2.05) is 24.3 Å². The predicted molar refractivity (Wildman–Crippen MR) is 104 cm³/mol. The predicted octanol–water partition coefficient (Wildman–Crippen LogP) is 0.501. The monoisotopic (exact) mass is 390 g/mol. The molecule has 0 saturated heterocycles. The van der Waals surface area contributed by atoms with Gasteiger partial charge in [-0.25, -0.2) is 4.98 Å². The van der Waals surface area contributed by atoms with Crippen molar-refractivity contribution < 1.29 is 14.4 Å². The molecule has 0 aliphatic heterocycles. The Morgan fingerprint density at radius 2 is 2.04 bits per heavy atom. The molecule has 6 N–H and O–H groups in total. The quantitative estimate of drug-likeness (QED) is 0.109. The number of carbonyl (C=O) groups is 3. The fraction of sp³-hybridized carbons (Fsp3) is 0.353. The van der Waals surface area contributed by atoms with Gasteiger partial charge >= 0.3 is 0 Å². The molecule has 0 bridgehead atoms. The molecule has 1 aromatic heterocycles. The van der Waals surface area contributed by atoms with E-state index in [1.54, 1.807) is 0 Å². The number of carbonyl (C=O) groups excluding carboxylic acids is 3. The van der Waals surface area contributed by atoms with Crippen LogP contribution in [-0.4, -0.2) is 41.5 Å². The number of hydrogen-bond acceptors (Lipinski definition) is 7. The lowest BCUT2D eigenvalue weighted by Crippen LogP contribution is -2.41. The van der Waals surface area contributed by atoms with E-state index in [0.717, 1.165) is 10.2 Å². The Morgan fingerprint density at radius 1 is 1.26 bits per heavy atom. The number of para-hydroxylation sites is 1. The third-order valence-corrected chi connectivity index (χ3v) is 4.79. The molecular formula is C17H22N6O3S. The first-order valence-corrected chi connectivity index (χ1v) is 9.25. The average molecular weight is 390 g/mol. The zero-order valence-electron chi connectivity index (χ0n) is 14.7. The molecule has 1 heterocycles. The number of amides is 2. The highest BCUT2D eigenvalue weighted by Gasteiger charge is 2.24. The molecule has 1 unspecified atom stereocenters. The molecule has 0 aliphatic rings. The van der Waals surface area contributed by atoms with Gasteiger partial charge in [-0.2, -0.15) is 5.10 Å². The normalized spacial score (nSPS) is 12.1. The molecule has 10 heteroatoms. The van der Waals surface area contributed by atoms with Crippen LogP contribution in [0.4, 0.5) is 0 Å². The van der Waals surface area contributed by atoms with Gasteiger partial charge in [0.05, 0.1) is 16.3 Å². The first-order chi connectivity index (χ1) is 13.0. The lowest BCUT2D eigenvalue weighted by Gasteiger charge is -2.16. The standard InChI is InChI=1S/C17H22N6O3S/c18-14(24)7-8-15(25)22-12(5-3-9-20-10-21-19)16(26)17-23-11-4-1-2-6-13(11)27-17/h1-2,4,6,10,12H,3,5,7-9,19H2,(H2,18,24)(H,20,21)(H,22,25). The molecule has 0 spiro atoms. The van der Waals surface area contributed by atoms with E-state index in [2.05, 4.69) is 20.7 Å². The zero-order chi connectivity index (χ0) is 19.6. The molecule has 27 heavy (non-hydrogen) atoms. The van der Waals surface area contributed by atoms with Gasteiger partial charge in [0.2, 0.25) is 17.6 Å². The van der Waals surface area contributed by atoms with Crippen LogP contribution < -0.4 is 22.2 Å². The minimum Gasteiger partial charge on any atom is -0.375 e. The fourth-order valence-corrected chi connectivity index (χ4v) is 3.38. The van der Waals surface area contributed by atoms with Crippen molar-refractivity contribution in [2.45, 2.75) is 31.7 Å². The largest absolute Gasteiger partial charge is 0.375 e. The summed E-state index contributed by atoms with van der Waals surface area (Å²) in [5, 5.41) is 9.22. The lowest BCUT2D eigenvalue weighted by atomic mass is 10.1. The molecule has 2 rings (SSSR count). The van der Waals surface area contributed by atoms with E-state index in [1.165, 1.54) is 17.7 Å². The number of Topliss-reactive ketones (excluding diaryl/α,β-unsaturated/α-hetero) is 1. The van der Waals surface area contributed by atoms with Crippen LogP contribution in [0, 0.1) is 0 Å². The molecule has 2 amide bonds. The molecule has 0 aliphatic carbocycles. The Kier molecular flexibility index (Phi) is 7.68. The van der Waals surface area contributed by atoms with Crippen LogP contribution in [-0.2, 0) is 9.59 Å². The van der Waals surface area contributed by atoms with Gasteiger partial charge in [-0.15, -0.1) is 11.3 Å². The van der Waals surface area contributed by atoms with E-state index < -0.39 is 17.9 Å². The molecule has 0 saturated carbocycles. The number of thiazole rings is 1. The summed E-state index contributed by atoms with van der Waals surface area (Å²) < 4.78 is 0.903. The first kappa shape index (κ1) is 20.3. The number of fused-ring (bicyclic) bond motifs is 1. The summed E-state index contributed by atoms with van der Waals surface area (Å²) in [7, 11) is 0. The van der Waals surface area contributed by atoms with Gasteiger partial charge in [0.15, 0.2) is 5.01 Å². The molecular weight excluding hydrogens is 368 g/mol. The van der Waals surface area contributed by atoms with Crippen LogP contribution in [0.2, 0.25) is 0 Å². The van der Waals surface area contributed by atoms with E-state index in [0.29, 0.717) is 24.4 Å². The maximum absolute atomic E-state index is 12.9. The number of ketones is 1. The van der Waals surface area contributed by atoms with E-state index in [-0.39, 0.29) is 18.6 Å². The number of nitrogens with two attached hydrogens (primary N) is 2. The van der Waals surface area contributed by atoms with Gasteiger partial charge in [0, 0.05) is 19.4 Å². The number of rotatable bonds is 11. The highest BCUT2D eigenvalue weighted by atomic mass is 32.1. The fourth-order valence-electron chi connectivity index (χ4n) is 2.42. The second kappa shape index (κ2) is 10.2. The summed E-state index contributed by atoms with van der Waals surface area (Å²) in [5.41, 5.74) is 5.81. The van der Waals surface area contributed by atoms with Crippen molar-refractivity contribution in [3.05, 3.63) is 29.3 Å². The highest BCUT2D eigenvalue weighted by Crippen LogP contribution is 2.23. The number of primary amides is 1. The van der Waals surface area contributed by atoms with E-state index in [9.17, 15) is 14.4 Å². The van der Waals surface area contributed by atoms with Crippen LogP contribution in [0.25, 0.3) is 10.2 Å². The van der Waals surface area contributed by atoms with Crippen LogP contribution in [0.5, 0.6) is 0 Å². The van der Waals surface area contributed by atoms with Gasteiger partial charge < -0.3 is 22.2 Å². The number of aromatic nitrogens is 1. The van der Waals surface area contributed by atoms with Crippen molar-refractivity contribution in [2.75, 3.05) is 6.54 Å². The number of benzene rings is 1. The summed E-state index contributed by atoms with van der Waals surface area (Å²) in [6.45, 7) is 0.543. The van der Waals surface area contributed by atoms with Gasteiger partial charge in [-0.05, 0) is 25.0 Å². The highest BCUT2D eigenvalue weighted by molar-refractivity contribution is 7.20. The van der Waals surface area contributed by atoms with E-state index in [4.69, 9.17) is 11.6 Å². The van der Waals surface area contributed by atoms with Crippen LogP contribution >= 0.6 is 11.3 Å². The number of hydrogen-bond donors (Lipinski definition) is 4. The maximum atomic E-state index is 12.9. The molecule has 0 radical (unpaired) electrons. The molecule has 144 valence electrons. The average Bonchev–Trinajstić information content (AvgIpc) is 3.09. The topological polar surface area (TPSA) is 153 Å². The SMILES string of the molecule is NN=CNCCCC(NC(=O)CCC(N)=O)C(=O)c1nc2ccccc2s1. The van der Waals surface area contributed by atoms with Gasteiger partial charge in [0.1, 0.15) is 6.34 Å². The van der Waals surface area contributed by atoms with Gasteiger partial charge in [-0.3, -0.25) is 14.4 Å². The number of nitrogens with zero attached hydrogens (tertiary/aromatic N) is 2. The summed E-state index contributed by atoms with van der Waals surface area (Å²) in [4.78, 5) is 40.2. The smallest absolute Gasteiger partial charge is 0.221 e. The van der Waals surface area contributed by atoms with Crippen molar-refractivity contribution in [1.82, 2.24) is 15.6 Å². The second-order valence-electron chi connectivity index (χ2n) is 5.81. The Hall–Kier alpha value is -3.01. The Bertz CT molecular complexity index is 802. The van der Waals surface area contributed by atoms with Crippen molar-refractivity contribution in [2.24, 2.45) is 16.7 Å². The summed E-state index contributed by atoms with van der Waals surface area (Å²) in [6.07, 6.45) is 2.24. The van der Waals surface area contributed by atoms with Crippen LogP contribution in [0.15, 0.2) is 29.4 Å². The van der Waals surface area contributed by atoms with Gasteiger partial charge in [-0.1, -0.05) is 12.1 Å². The molecule has 0 fully saturated rings. The number of hydrazone groups is 1. The minimum absolute atomic E-state index is 0.0585. The van der Waals surface area contributed by atoms with Crippen molar-refractivity contribution >= 4 is 45.5 Å². The Morgan fingerprint density at radius 3 is 2.74 bits per heavy atom. The Balaban J connectivity index is 2.07. The lowest BCUT2D eigenvalue weighted by molar-refractivity contribution is -0.125. The van der Waals surface area contributed by atoms with Crippen molar-refractivity contribution in [3.8, 4) is 0 Å². The van der Waals surface area contributed by atoms with Crippen molar-refractivity contribution in [1.29, 1.82) is 0 Å². The molecule has 1 atom stereocenters. The van der Waals surface area contributed by atoms with Crippen molar-refractivity contribution in [3.63, 3.8) is 0 Å². The first-order valence-electron chi connectivity index (χ1n) is 8.44. The van der Waals surface area contributed by atoms with Crippen LogP contribution in [0.3, 0.4) is 0 Å². The summed E-state index contributed by atoms with van der Waals surface area (Å²) in [6, 6.07) is 6.72. The van der Waals surface area contributed by atoms with Crippen LogP contribution in [0.1, 0.15) is 35.5 Å². The molecule has 1 aromatic carbocycles. The van der Waals surface area contributed by atoms with E-state index >= 15 is 0 Å². The number of nitrogens with one attached hydrogen (secondary N) is 2. The minimum atomic E-state index is -0.734. The maximum Gasteiger partial charge on any atom is 0.221 e. The summed E-state index contributed by atoms with van der Waals surface area (Å²) in [5.74, 6) is 3.79. The summed E-state index contributed by atoms with van der Waals surface area (Å²) >= 11 is 1.29. The second-order valence-corrected chi connectivity index (χ2v) is 6.84. The Labute approximate surface area is 160 Å². The molecule has 2 aromatic rings. The third kappa shape index (κ3) is 6.33. The molecule has 9 nitrogen and oxygen atoms in total. The third-order valence-electron chi connectivity index (χ3n) is 3.73. The van der Waals surface area contributed by atoms with Gasteiger partial charge in [0.25, 0.3) is 0 Å².